The highest BCUT2D eigenvalue weighted by atomic mass is 32.1. The summed E-state index contributed by atoms with van der Waals surface area (Å²) in [6.07, 6.45) is 0. The van der Waals surface area contributed by atoms with Crippen LogP contribution in [-0.4, -0.2) is 14.5 Å². The van der Waals surface area contributed by atoms with Crippen molar-refractivity contribution in [2.24, 2.45) is 0 Å². The van der Waals surface area contributed by atoms with Gasteiger partial charge >= 0.3 is 0 Å². The Bertz CT molecular complexity index is 3110. The van der Waals surface area contributed by atoms with Crippen molar-refractivity contribution in [2.45, 2.75) is 0 Å². The van der Waals surface area contributed by atoms with Gasteiger partial charge in [0.25, 0.3) is 0 Å². The van der Waals surface area contributed by atoms with Gasteiger partial charge in [-0.3, -0.25) is 0 Å². The molecule has 0 fully saturated rings. The number of benzene rings is 7. The third-order valence-electron chi connectivity index (χ3n) is 9.77. The third kappa shape index (κ3) is 3.79. The first-order valence-electron chi connectivity index (χ1n) is 16.4. The standard InChI is InChI=1S/C44H25N3OS/c1-2-13-26(14-3-1)40-29-17-4-8-21-33(29)45-44(46-40)27-15-12-16-28(25-27)47-34-22-9-5-18-30(34)39-41(47)43-38(32-20-7-11-24-36(32)49-43)37-31-19-6-10-23-35(31)48-42(37)39/h1-25H. The highest BCUT2D eigenvalue weighted by Gasteiger charge is 2.25. The second-order valence-corrected chi connectivity index (χ2v) is 13.6. The summed E-state index contributed by atoms with van der Waals surface area (Å²) in [6, 6.07) is 53.2. The Balaban J connectivity index is 1.26. The number of thiophene rings is 1. The Hall–Kier alpha value is -6.30. The minimum atomic E-state index is 0.701. The highest BCUT2D eigenvalue weighted by Crippen LogP contribution is 2.50. The predicted molar refractivity (Wildman–Crippen MR) is 205 cm³/mol. The molecule has 4 aromatic heterocycles. The molecule has 0 radical (unpaired) electrons. The van der Waals surface area contributed by atoms with Crippen LogP contribution in [0.1, 0.15) is 0 Å². The maximum atomic E-state index is 6.81. The Morgan fingerprint density at radius 3 is 2.14 bits per heavy atom. The average Bonchev–Trinajstić information content (AvgIpc) is 3.84. The molecule has 11 rings (SSSR count). The van der Waals surface area contributed by atoms with Crippen LogP contribution in [0.3, 0.4) is 0 Å². The van der Waals surface area contributed by atoms with Crippen LogP contribution < -0.4 is 0 Å². The van der Waals surface area contributed by atoms with Crippen LogP contribution in [0.2, 0.25) is 0 Å². The summed E-state index contributed by atoms with van der Waals surface area (Å²) in [6.45, 7) is 0. The summed E-state index contributed by atoms with van der Waals surface area (Å²) in [5.41, 5.74) is 9.07. The van der Waals surface area contributed by atoms with Gasteiger partial charge < -0.3 is 8.98 Å². The fraction of sp³-hybridized carbons (Fsp3) is 0. The van der Waals surface area contributed by atoms with E-state index in [0.29, 0.717) is 5.82 Å². The Morgan fingerprint density at radius 1 is 0.531 bits per heavy atom. The van der Waals surface area contributed by atoms with Crippen molar-refractivity contribution in [3.05, 3.63) is 152 Å². The van der Waals surface area contributed by atoms with E-state index in [0.717, 1.165) is 66.4 Å². The maximum Gasteiger partial charge on any atom is 0.160 e. The molecule has 0 bridgehead atoms. The number of hydrogen-bond donors (Lipinski definition) is 0. The lowest BCUT2D eigenvalue weighted by molar-refractivity contribution is 0.673. The number of para-hydroxylation sites is 3. The Morgan fingerprint density at radius 2 is 1.24 bits per heavy atom. The molecular formula is C44H25N3OS. The van der Waals surface area contributed by atoms with Gasteiger partial charge in [0.05, 0.1) is 32.3 Å². The topological polar surface area (TPSA) is 43.9 Å². The summed E-state index contributed by atoms with van der Waals surface area (Å²) in [7, 11) is 0. The molecule has 0 N–H and O–H groups in total. The van der Waals surface area contributed by atoms with Gasteiger partial charge in [0.1, 0.15) is 11.2 Å². The van der Waals surface area contributed by atoms with E-state index >= 15 is 0 Å². The number of hydrogen-bond acceptors (Lipinski definition) is 4. The van der Waals surface area contributed by atoms with Gasteiger partial charge in [-0.1, -0.05) is 115 Å². The molecule has 7 aromatic carbocycles. The fourth-order valence-electron chi connectivity index (χ4n) is 7.69. The molecule has 4 heterocycles. The molecule has 11 aromatic rings. The molecular weight excluding hydrogens is 619 g/mol. The van der Waals surface area contributed by atoms with E-state index in [1.54, 1.807) is 0 Å². The van der Waals surface area contributed by atoms with Crippen molar-refractivity contribution in [3.63, 3.8) is 0 Å². The summed E-state index contributed by atoms with van der Waals surface area (Å²) in [5, 5.41) is 8.18. The van der Waals surface area contributed by atoms with E-state index in [9.17, 15) is 0 Å². The number of rotatable bonds is 3. The maximum absolute atomic E-state index is 6.81. The van der Waals surface area contributed by atoms with Crippen molar-refractivity contribution in [1.29, 1.82) is 0 Å². The van der Waals surface area contributed by atoms with E-state index in [1.807, 2.05) is 23.5 Å². The molecule has 0 saturated carbocycles. The van der Waals surface area contributed by atoms with Gasteiger partial charge in [-0.15, -0.1) is 11.3 Å². The van der Waals surface area contributed by atoms with Gasteiger partial charge in [-0.2, -0.15) is 0 Å². The first-order chi connectivity index (χ1) is 24.3. The van der Waals surface area contributed by atoms with Gasteiger partial charge in [-0.05, 0) is 36.4 Å². The van der Waals surface area contributed by atoms with Crippen LogP contribution in [0.4, 0.5) is 0 Å². The lowest BCUT2D eigenvalue weighted by atomic mass is 10.0. The minimum absolute atomic E-state index is 0.701. The molecule has 0 unspecified atom stereocenters. The Labute approximate surface area is 284 Å². The normalized spacial score (nSPS) is 12.1. The van der Waals surface area contributed by atoms with Crippen LogP contribution in [0.5, 0.6) is 0 Å². The first-order valence-corrected chi connectivity index (χ1v) is 17.2. The molecule has 5 heteroatoms. The highest BCUT2D eigenvalue weighted by molar-refractivity contribution is 7.27. The van der Waals surface area contributed by atoms with Gasteiger partial charge in [0, 0.05) is 53.8 Å². The lowest BCUT2D eigenvalue weighted by Crippen LogP contribution is -1.98. The quantitative estimate of drug-likeness (QED) is 0.192. The van der Waals surface area contributed by atoms with Crippen LogP contribution in [0.25, 0.3) is 103 Å². The van der Waals surface area contributed by atoms with Gasteiger partial charge in [0.2, 0.25) is 0 Å². The minimum Gasteiger partial charge on any atom is -0.455 e. The zero-order valence-electron chi connectivity index (χ0n) is 26.1. The molecule has 0 aliphatic rings. The number of fused-ring (bicyclic) bond motifs is 13. The molecule has 49 heavy (non-hydrogen) atoms. The molecule has 0 saturated heterocycles. The molecule has 0 spiro atoms. The third-order valence-corrected chi connectivity index (χ3v) is 10.9. The monoisotopic (exact) mass is 643 g/mol. The fourth-order valence-corrected chi connectivity index (χ4v) is 8.94. The molecule has 4 nitrogen and oxygen atoms in total. The number of nitrogens with zero attached hydrogens (tertiary/aromatic N) is 3. The lowest BCUT2D eigenvalue weighted by Gasteiger charge is -2.12. The number of aromatic nitrogens is 3. The molecule has 0 aliphatic heterocycles. The van der Waals surface area contributed by atoms with Crippen LogP contribution in [-0.2, 0) is 0 Å². The first kappa shape index (κ1) is 26.7. The van der Waals surface area contributed by atoms with Crippen LogP contribution in [0, 0.1) is 0 Å². The summed E-state index contributed by atoms with van der Waals surface area (Å²) >= 11 is 1.86. The van der Waals surface area contributed by atoms with Crippen LogP contribution in [0.15, 0.2) is 156 Å². The zero-order chi connectivity index (χ0) is 32.1. The molecule has 0 amide bonds. The smallest absolute Gasteiger partial charge is 0.160 e. The second-order valence-electron chi connectivity index (χ2n) is 12.5. The molecule has 0 atom stereocenters. The van der Waals surface area contributed by atoms with Crippen molar-refractivity contribution >= 4 is 86.2 Å². The van der Waals surface area contributed by atoms with Gasteiger partial charge in [-0.25, -0.2) is 9.97 Å². The largest absolute Gasteiger partial charge is 0.455 e. The predicted octanol–water partition coefficient (Wildman–Crippen LogP) is 12.3. The number of furan rings is 1. The van der Waals surface area contributed by atoms with E-state index in [-0.39, 0.29) is 0 Å². The summed E-state index contributed by atoms with van der Waals surface area (Å²) in [5.74, 6) is 0.701. The van der Waals surface area contributed by atoms with E-state index < -0.39 is 0 Å². The van der Waals surface area contributed by atoms with Crippen molar-refractivity contribution in [3.8, 4) is 28.3 Å². The van der Waals surface area contributed by atoms with E-state index in [4.69, 9.17) is 14.4 Å². The summed E-state index contributed by atoms with van der Waals surface area (Å²) in [4.78, 5) is 10.3. The average molecular weight is 644 g/mol. The molecule has 0 aliphatic carbocycles. The van der Waals surface area contributed by atoms with Crippen LogP contribution >= 0.6 is 11.3 Å². The van der Waals surface area contributed by atoms with Crippen molar-refractivity contribution in [2.75, 3.05) is 0 Å². The SMILES string of the molecule is c1ccc(-c2nc(-c3cccc(-n4c5ccccc5c5c6oc7ccccc7c6c6c7ccccc7sc6c54)c3)nc3ccccc23)cc1. The van der Waals surface area contributed by atoms with Gasteiger partial charge in [0.15, 0.2) is 5.82 Å². The van der Waals surface area contributed by atoms with Crippen molar-refractivity contribution < 1.29 is 4.42 Å². The zero-order valence-corrected chi connectivity index (χ0v) is 26.9. The molecule has 228 valence electrons. The second kappa shape index (κ2) is 10.1. The summed E-state index contributed by atoms with van der Waals surface area (Å²) < 4.78 is 11.7. The van der Waals surface area contributed by atoms with E-state index in [1.165, 1.54) is 30.9 Å². The Kier molecular flexibility index (Phi) is 5.51. The van der Waals surface area contributed by atoms with Crippen molar-refractivity contribution in [1.82, 2.24) is 14.5 Å². The van der Waals surface area contributed by atoms with E-state index in [2.05, 4.69) is 144 Å².